The maximum atomic E-state index is 12.3. The highest BCUT2D eigenvalue weighted by Gasteiger charge is 2.29. The van der Waals surface area contributed by atoms with Gasteiger partial charge in [-0.2, -0.15) is 13.2 Å². The third kappa shape index (κ3) is 4.48. The van der Waals surface area contributed by atoms with Gasteiger partial charge >= 0.3 is 6.18 Å². The van der Waals surface area contributed by atoms with Crippen LogP contribution in [0.25, 0.3) is 0 Å². The van der Waals surface area contributed by atoms with Gasteiger partial charge in [-0.3, -0.25) is 4.79 Å². The minimum Gasteiger partial charge on any atom is -0.501 e. The van der Waals surface area contributed by atoms with E-state index in [1.807, 2.05) is 0 Å². The molecule has 3 nitrogen and oxygen atoms in total. The first-order chi connectivity index (χ1) is 8.43. The van der Waals surface area contributed by atoms with Crippen molar-refractivity contribution in [2.45, 2.75) is 13.1 Å². The molecule has 18 heavy (non-hydrogen) atoms. The molecule has 0 heterocycles. The number of benzene rings is 1. The summed E-state index contributed by atoms with van der Waals surface area (Å²) in [5.74, 6) is -0.469. The number of anilines is 1. The molecule has 0 bridgehead atoms. The van der Waals surface area contributed by atoms with E-state index in [1.54, 1.807) is 6.92 Å². The van der Waals surface area contributed by atoms with E-state index in [2.05, 4.69) is 5.32 Å². The first-order valence-electron chi connectivity index (χ1n) is 5.20. The zero-order chi connectivity index (χ0) is 13.6. The summed E-state index contributed by atoms with van der Waals surface area (Å²) in [6.07, 6.45) is -2.00. The molecular weight excluding hydrogens is 247 g/mol. The summed E-state index contributed by atoms with van der Waals surface area (Å²) in [4.78, 5) is 11.3. The standard InChI is InChI=1S/C12H12F3NO2/c1-2-18-8-7-11(17)16-10-5-3-9(4-6-10)12(13,14)15/h3-8H,2H2,1H3,(H,16,17). The Hall–Kier alpha value is -1.98. The SMILES string of the molecule is CCOC=CC(=O)Nc1ccc(C(F)(F)F)cc1. The highest BCUT2D eigenvalue weighted by atomic mass is 19.4. The molecule has 0 aromatic heterocycles. The van der Waals surface area contributed by atoms with E-state index in [9.17, 15) is 18.0 Å². The van der Waals surface area contributed by atoms with Crippen LogP contribution < -0.4 is 5.32 Å². The second-order valence-corrected chi connectivity index (χ2v) is 3.32. The lowest BCUT2D eigenvalue weighted by Gasteiger charge is -2.07. The maximum absolute atomic E-state index is 12.3. The third-order valence-electron chi connectivity index (χ3n) is 1.96. The van der Waals surface area contributed by atoms with E-state index in [4.69, 9.17) is 4.74 Å². The number of rotatable bonds is 4. The molecule has 0 radical (unpaired) electrons. The van der Waals surface area contributed by atoms with Crippen molar-refractivity contribution < 1.29 is 22.7 Å². The summed E-state index contributed by atoms with van der Waals surface area (Å²) in [7, 11) is 0. The number of nitrogens with one attached hydrogen (secondary N) is 1. The molecule has 0 unspecified atom stereocenters. The van der Waals surface area contributed by atoms with Crippen LogP contribution in [-0.2, 0) is 15.7 Å². The molecule has 98 valence electrons. The number of carbonyl (C=O) groups excluding carboxylic acids is 1. The summed E-state index contributed by atoms with van der Waals surface area (Å²) >= 11 is 0. The second-order valence-electron chi connectivity index (χ2n) is 3.32. The van der Waals surface area contributed by atoms with Crippen LogP contribution in [0.1, 0.15) is 12.5 Å². The van der Waals surface area contributed by atoms with E-state index >= 15 is 0 Å². The lowest BCUT2D eigenvalue weighted by molar-refractivity contribution is -0.137. The molecular formula is C12H12F3NO2. The molecule has 0 aliphatic carbocycles. The van der Waals surface area contributed by atoms with E-state index < -0.39 is 17.6 Å². The van der Waals surface area contributed by atoms with Crippen LogP contribution in [0.3, 0.4) is 0 Å². The predicted molar refractivity (Wildman–Crippen MR) is 60.8 cm³/mol. The smallest absolute Gasteiger partial charge is 0.416 e. The lowest BCUT2D eigenvalue weighted by Crippen LogP contribution is -2.09. The molecule has 1 aromatic rings. The number of ether oxygens (including phenoxy) is 1. The summed E-state index contributed by atoms with van der Waals surface area (Å²) < 4.78 is 41.6. The Morgan fingerprint density at radius 3 is 2.44 bits per heavy atom. The molecule has 1 N–H and O–H groups in total. The molecule has 1 rings (SSSR count). The monoisotopic (exact) mass is 259 g/mol. The van der Waals surface area contributed by atoms with Gasteiger partial charge in [-0.15, -0.1) is 0 Å². The Balaban J connectivity index is 2.61. The minimum atomic E-state index is -4.38. The fourth-order valence-corrected chi connectivity index (χ4v) is 1.13. The summed E-state index contributed by atoms with van der Waals surface area (Å²) in [6.45, 7) is 2.20. The Morgan fingerprint density at radius 1 is 1.33 bits per heavy atom. The lowest BCUT2D eigenvalue weighted by atomic mass is 10.2. The van der Waals surface area contributed by atoms with Crippen molar-refractivity contribution in [2.75, 3.05) is 11.9 Å². The van der Waals surface area contributed by atoms with Crippen molar-refractivity contribution >= 4 is 11.6 Å². The first-order valence-corrected chi connectivity index (χ1v) is 5.20. The van der Waals surface area contributed by atoms with Crippen LogP contribution in [0.4, 0.5) is 18.9 Å². The van der Waals surface area contributed by atoms with Crippen LogP contribution in [0.2, 0.25) is 0 Å². The molecule has 0 aliphatic heterocycles. The van der Waals surface area contributed by atoms with Gasteiger partial charge in [-0.1, -0.05) is 0 Å². The van der Waals surface area contributed by atoms with Crippen molar-refractivity contribution in [3.05, 3.63) is 42.2 Å². The molecule has 0 saturated heterocycles. The number of hydrogen-bond acceptors (Lipinski definition) is 2. The number of carbonyl (C=O) groups is 1. The van der Waals surface area contributed by atoms with Crippen molar-refractivity contribution in [1.82, 2.24) is 0 Å². The van der Waals surface area contributed by atoms with Crippen LogP contribution in [-0.4, -0.2) is 12.5 Å². The molecule has 0 aliphatic rings. The molecule has 0 spiro atoms. The Bertz CT molecular complexity index is 424. The molecule has 0 saturated carbocycles. The Morgan fingerprint density at radius 2 is 1.94 bits per heavy atom. The van der Waals surface area contributed by atoms with E-state index in [0.29, 0.717) is 6.61 Å². The van der Waals surface area contributed by atoms with Crippen LogP contribution in [0.15, 0.2) is 36.6 Å². The zero-order valence-corrected chi connectivity index (χ0v) is 9.62. The highest BCUT2D eigenvalue weighted by molar-refractivity contribution is 5.99. The zero-order valence-electron chi connectivity index (χ0n) is 9.62. The summed E-state index contributed by atoms with van der Waals surface area (Å²) in [6, 6.07) is 4.19. The van der Waals surface area contributed by atoms with E-state index in [-0.39, 0.29) is 5.69 Å². The van der Waals surface area contributed by atoms with Gasteiger partial charge in [0.15, 0.2) is 0 Å². The van der Waals surface area contributed by atoms with Crippen LogP contribution in [0, 0.1) is 0 Å². The van der Waals surface area contributed by atoms with Crippen molar-refractivity contribution in [3.8, 4) is 0 Å². The van der Waals surface area contributed by atoms with Gasteiger partial charge in [0.05, 0.1) is 18.4 Å². The molecule has 1 aromatic carbocycles. The Labute approximate surface area is 102 Å². The van der Waals surface area contributed by atoms with Gasteiger partial charge in [-0.25, -0.2) is 0 Å². The largest absolute Gasteiger partial charge is 0.501 e. The van der Waals surface area contributed by atoms with Gasteiger partial charge in [-0.05, 0) is 31.2 Å². The molecule has 0 atom stereocenters. The van der Waals surface area contributed by atoms with Gasteiger partial charge in [0.1, 0.15) is 0 Å². The van der Waals surface area contributed by atoms with Gasteiger partial charge in [0, 0.05) is 11.8 Å². The van der Waals surface area contributed by atoms with Gasteiger partial charge in [0.25, 0.3) is 5.91 Å². The minimum absolute atomic E-state index is 0.286. The van der Waals surface area contributed by atoms with E-state index in [1.165, 1.54) is 18.4 Å². The van der Waals surface area contributed by atoms with Crippen LogP contribution >= 0.6 is 0 Å². The number of halogens is 3. The fourth-order valence-electron chi connectivity index (χ4n) is 1.13. The second kappa shape index (κ2) is 6.09. The van der Waals surface area contributed by atoms with Crippen molar-refractivity contribution in [3.63, 3.8) is 0 Å². The van der Waals surface area contributed by atoms with Gasteiger partial charge < -0.3 is 10.1 Å². The first kappa shape index (κ1) is 14.1. The number of amides is 1. The molecule has 1 amide bonds. The van der Waals surface area contributed by atoms with Gasteiger partial charge in [0.2, 0.25) is 0 Å². The fraction of sp³-hybridized carbons (Fsp3) is 0.250. The summed E-state index contributed by atoms with van der Waals surface area (Å²) in [5.41, 5.74) is -0.473. The van der Waals surface area contributed by atoms with Crippen molar-refractivity contribution in [1.29, 1.82) is 0 Å². The van der Waals surface area contributed by atoms with Crippen molar-refractivity contribution in [2.24, 2.45) is 0 Å². The topological polar surface area (TPSA) is 38.3 Å². The summed E-state index contributed by atoms with van der Waals surface area (Å²) in [5, 5.41) is 2.41. The molecule has 0 fully saturated rings. The maximum Gasteiger partial charge on any atom is 0.416 e. The quantitative estimate of drug-likeness (QED) is 0.666. The highest BCUT2D eigenvalue weighted by Crippen LogP contribution is 2.29. The average molecular weight is 259 g/mol. The number of alkyl halides is 3. The third-order valence-corrected chi connectivity index (χ3v) is 1.96. The average Bonchev–Trinajstić information content (AvgIpc) is 2.29. The van der Waals surface area contributed by atoms with E-state index in [0.717, 1.165) is 18.2 Å². The normalized spacial score (nSPS) is 11.6. The predicted octanol–water partition coefficient (Wildman–Crippen LogP) is 3.19. The number of hydrogen-bond donors (Lipinski definition) is 1. The Kier molecular flexibility index (Phi) is 4.76. The molecule has 6 heteroatoms. The van der Waals surface area contributed by atoms with Crippen LogP contribution in [0.5, 0.6) is 0 Å².